The molecule has 0 saturated carbocycles. The van der Waals surface area contributed by atoms with E-state index in [2.05, 4.69) is 0 Å². The number of rotatable bonds is 12. The normalized spacial score (nSPS) is 14.5. The van der Waals surface area contributed by atoms with Crippen LogP contribution in [0.15, 0.2) is 48.5 Å². The fraction of sp³-hybridized carbons (Fsp3) is 0.360. The molecule has 0 radical (unpaired) electrons. The quantitative estimate of drug-likeness (QED) is 0.211. The highest BCUT2D eigenvalue weighted by atomic mass is 32.2. The maximum absolute atomic E-state index is 12.6. The van der Waals surface area contributed by atoms with Crippen LogP contribution >= 0.6 is 11.8 Å². The maximum atomic E-state index is 12.6. The number of amides is 2. The van der Waals surface area contributed by atoms with E-state index in [1.54, 1.807) is 48.5 Å². The van der Waals surface area contributed by atoms with Crippen LogP contribution in [0.5, 0.6) is 5.75 Å². The molecule has 1 unspecified atom stereocenters. The number of carbonyl (C=O) groups is 4. The molecule has 34 heavy (non-hydrogen) atoms. The van der Waals surface area contributed by atoms with Gasteiger partial charge in [-0.3, -0.25) is 24.1 Å². The molecule has 1 aliphatic heterocycles. The summed E-state index contributed by atoms with van der Waals surface area (Å²) in [6.45, 7) is 3.05. The number of aliphatic hydroxyl groups is 1. The van der Waals surface area contributed by atoms with Crippen molar-refractivity contribution in [1.29, 1.82) is 0 Å². The number of carbonyl (C=O) groups excluding carboxylic acids is 4. The van der Waals surface area contributed by atoms with E-state index < -0.39 is 29.9 Å². The molecule has 1 aliphatic rings. The molecule has 0 aliphatic carbocycles. The van der Waals surface area contributed by atoms with Crippen molar-refractivity contribution in [3.63, 3.8) is 0 Å². The predicted molar refractivity (Wildman–Crippen MR) is 127 cm³/mol. The van der Waals surface area contributed by atoms with Crippen LogP contribution in [0.2, 0.25) is 0 Å². The summed E-state index contributed by atoms with van der Waals surface area (Å²) in [6, 6.07) is 12.7. The molecule has 0 fully saturated rings. The Morgan fingerprint density at radius 3 is 2.21 bits per heavy atom. The lowest BCUT2D eigenvalue weighted by Crippen LogP contribution is -2.38. The number of hydrogen-bond donors (Lipinski definition) is 1. The zero-order valence-electron chi connectivity index (χ0n) is 19.1. The van der Waals surface area contributed by atoms with Crippen LogP contribution in [-0.4, -0.2) is 70.4 Å². The summed E-state index contributed by atoms with van der Waals surface area (Å²) in [5, 5.41) is 10.4. The van der Waals surface area contributed by atoms with Crippen molar-refractivity contribution in [3.8, 4) is 5.75 Å². The monoisotopic (exact) mass is 485 g/mol. The minimum Gasteiger partial charge on any atom is -0.490 e. The lowest BCUT2D eigenvalue weighted by atomic mass is 9.97. The number of hydrogen-bond acceptors (Lipinski definition) is 8. The molecule has 1 heterocycles. The molecule has 0 saturated heterocycles. The van der Waals surface area contributed by atoms with Gasteiger partial charge in [0.15, 0.2) is 5.78 Å². The smallest absolute Gasteiger partial charge is 0.326 e. The first-order chi connectivity index (χ1) is 16.2. The van der Waals surface area contributed by atoms with Gasteiger partial charge in [0.2, 0.25) is 0 Å². The van der Waals surface area contributed by atoms with Crippen LogP contribution < -0.4 is 4.74 Å². The summed E-state index contributed by atoms with van der Waals surface area (Å²) in [5.74, 6) is -0.457. The summed E-state index contributed by atoms with van der Waals surface area (Å²) in [6.07, 6.45) is 0.971. The minimum atomic E-state index is -1.45. The topological polar surface area (TPSA) is 110 Å². The van der Waals surface area contributed by atoms with Crippen LogP contribution in [0.3, 0.4) is 0 Å². The summed E-state index contributed by atoms with van der Waals surface area (Å²) < 4.78 is 10.6. The minimum absolute atomic E-state index is 0.0481. The van der Waals surface area contributed by atoms with Gasteiger partial charge in [0.05, 0.1) is 11.1 Å². The van der Waals surface area contributed by atoms with Gasteiger partial charge >= 0.3 is 5.97 Å². The zero-order chi connectivity index (χ0) is 24.7. The number of ketones is 1. The molecule has 1 N–H and O–H groups in total. The second-order valence-corrected chi connectivity index (χ2v) is 9.10. The van der Waals surface area contributed by atoms with Gasteiger partial charge in [-0.05, 0) is 55.5 Å². The molecule has 9 heteroatoms. The lowest BCUT2D eigenvalue weighted by Gasteiger charge is -2.21. The van der Waals surface area contributed by atoms with Crippen molar-refractivity contribution >= 4 is 35.3 Å². The number of nitrogens with zero attached hydrogens (tertiary/aromatic N) is 1. The summed E-state index contributed by atoms with van der Waals surface area (Å²) >= 11 is 1.53. The number of Topliss-reactive ketones (excluding diaryl/α,β-unsaturated/α-hetero) is 1. The molecule has 0 spiro atoms. The molecule has 2 aromatic rings. The molecule has 0 bridgehead atoms. The summed E-state index contributed by atoms with van der Waals surface area (Å²) in [4.78, 5) is 50.1. The third-order valence-electron chi connectivity index (χ3n) is 5.12. The molecule has 2 aromatic carbocycles. The van der Waals surface area contributed by atoms with Crippen molar-refractivity contribution in [2.24, 2.45) is 0 Å². The number of fused-ring (bicyclic) bond motifs is 1. The van der Waals surface area contributed by atoms with E-state index in [-0.39, 0.29) is 30.1 Å². The van der Waals surface area contributed by atoms with E-state index in [0.717, 1.165) is 17.1 Å². The Hall–Kier alpha value is -3.17. The third-order valence-corrected chi connectivity index (χ3v) is 6.58. The van der Waals surface area contributed by atoms with E-state index in [4.69, 9.17) is 9.47 Å². The first-order valence-corrected chi connectivity index (χ1v) is 12.1. The SMILES string of the molecule is CCCSCC(C)(O)C(=O)c1ccc(OCCOC(=O)CN2C(=O)c3ccccc3C2=O)cc1. The Kier molecular flexibility index (Phi) is 8.46. The van der Waals surface area contributed by atoms with Crippen LogP contribution in [-0.2, 0) is 9.53 Å². The van der Waals surface area contributed by atoms with Crippen molar-refractivity contribution in [2.45, 2.75) is 25.9 Å². The number of thioether (sulfide) groups is 1. The van der Waals surface area contributed by atoms with Gasteiger partial charge in [0.25, 0.3) is 11.8 Å². The maximum Gasteiger partial charge on any atom is 0.326 e. The Morgan fingerprint density at radius 2 is 1.62 bits per heavy atom. The average Bonchev–Trinajstić information content (AvgIpc) is 3.07. The van der Waals surface area contributed by atoms with Crippen molar-refractivity contribution in [2.75, 3.05) is 31.3 Å². The van der Waals surface area contributed by atoms with E-state index in [1.807, 2.05) is 6.92 Å². The molecule has 3 rings (SSSR count). The van der Waals surface area contributed by atoms with Crippen LogP contribution in [0.1, 0.15) is 51.3 Å². The Bertz CT molecular complexity index is 1030. The molecule has 1 atom stereocenters. The first kappa shape index (κ1) is 25.5. The van der Waals surface area contributed by atoms with Gasteiger partial charge in [-0.25, -0.2) is 0 Å². The summed E-state index contributed by atoms with van der Waals surface area (Å²) in [7, 11) is 0. The number of imide groups is 1. The third kappa shape index (κ3) is 6.03. The van der Waals surface area contributed by atoms with Crippen molar-refractivity contribution in [3.05, 3.63) is 65.2 Å². The second kappa shape index (κ2) is 11.3. The largest absolute Gasteiger partial charge is 0.490 e. The Labute approximate surface area is 202 Å². The van der Waals surface area contributed by atoms with E-state index in [1.165, 1.54) is 18.7 Å². The van der Waals surface area contributed by atoms with E-state index in [9.17, 15) is 24.3 Å². The van der Waals surface area contributed by atoms with Crippen molar-refractivity contribution in [1.82, 2.24) is 4.90 Å². The van der Waals surface area contributed by atoms with E-state index in [0.29, 0.717) is 17.1 Å². The van der Waals surface area contributed by atoms with Crippen LogP contribution in [0.25, 0.3) is 0 Å². The molecular formula is C25H27NO7S. The Balaban J connectivity index is 1.42. The average molecular weight is 486 g/mol. The highest BCUT2D eigenvalue weighted by molar-refractivity contribution is 7.99. The molecular weight excluding hydrogens is 458 g/mol. The zero-order valence-corrected chi connectivity index (χ0v) is 19.9. The predicted octanol–water partition coefficient (Wildman–Crippen LogP) is 2.98. The van der Waals surface area contributed by atoms with Crippen molar-refractivity contribution < 1.29 is 33.8 Å². The molecule has 8 nitrogen and oxygen atoms in total. The summed E-state index contributed by atoms with van der Waals surface area (Å²) in [5.41, 5.74) is -0.531. The second-order valence-electron chi connectivity index (χ2n) is 7.99. The van der Waals surface area contributed by atoms with Gasteiger partial charge in [-0.1, -0.05) is 19.1 Å². The Morgan fingerprint density at radius 1 is 1.00 bits per heavy atom. The van der Waals surface area contributed by atoms with E-state index >= 15 is 0 Å². The number of benzene rings is 2. The van der Waals surface area contributed by atoms with Gasteiger partial charge in [0, 0.05) is 11.3 Å². The molecule has 2 amide bonds. The standard InChI is InChI=1S/C25H27NO7S/c1-3-14-34-16-25(2,31)22(28)17-8-10-18(11-9-17)32-12-13-33-21(27)15-26-23(29)19-6-4-5-7-20(19)24(26)30/h4-11,31H,3,12-16H2,1-2H3. The van der Waals surface area contributed by atoms with Gasteiger partial charge in [-0.15, -0.1) is 0 Å². The fourth-order valence-electron chi connectivity index (χ4n) is 3.37. The van der Waals surface area contributed by atoms with Gasteiger partial charge in [0.1, 0.15) is 31.1 Å². The highest BCUT2D eigenvalue weighted by Crippen LogP contribution is 2.23. The van der Waals surface area contributed by atoms with Gasteiger partial charge in [-0.2, -0.15) is 11.8 Å². The molecule has 180 valence electrons. The fourth-order valence-corrected chi connectivity index (χ4v) is 4.33. The van der Waals surface area contributed by atoms with Gasteiger partial charge < -0.3 is 14.6 Å². The lowest BCUT2D eigenvalue weighted by molar-refractivity contribution is -0.144. The molecule has 0 aromatic heterocycles. The number of esters is 1. The highest BCUT2D eigenvalue weighted by Gasteiger charge is 2.36. The number of ether oxygens (including phenoxy) is 2. The van der Waals surface area contributed by atoms with Crippen LogP contribution in [0.4, 0.5) is 0 Å². The van der Waals surface area contributed by atoms with Crippen LogP contribution in [0, 0.1) is 0 Å². The first-order valence-electron chi connectivity index (χ1n) is 10.9.